The van der Waals surface area contributed by atoms with Gasteiger partial charge in [-0.1, -0.05) is 0 Å². The molecule has 3 rings (SSSR count). The molecule has 0 aromatic carbocycles. The fraction of sp³-hybridized carbons (Fsp3) is 0.588. The Morgan fingerprint density at radius 1 is 1.12 bits per heavy atom. The molecular formula is C17H23N3O4. The molecule has 1 aliphatic carbocycles. The highest BCUT2D eigenvalue weighted by atomic mass is 16.4. The fourth-order valence-electron chi connectivity index (χ4n) is 3.49. The molecule has 1 aromatic rings. The third-order valence-corrected chi connectivity index (χ3v) is 4.98. The minimum absolute atomic E-state index is 0.000679. The summed E-state index contributed by atoms with van der Waals surface area (Å²) in [5.41, 5.74) is 0.884. The van der Waals surface area contributed by atoms with Crippen LogP contribution in [0.4, 0.5) is 0 Å². The van der Waals surface area contributed by atoms with Crippen molar-refractivity contribution in [3.05, 3.63) is 23.5 Å². The lowest BCUT2D eigenvalue weighted by Gasteiger charge is -2.26. The smallest absolute Gasteiger partial charge is 0.306 e. The molecule has 2 amide bonds. The van der Waals surface area contributed by atoms with Crippen LogP contribution in [-0.2, 0) is 4.79 Å². The van der Waals surface area contributed by atoms with Crippen molar-refractivity contribution >= 4 is 17.8 Å². The maximum absolute atomic E-state index is 12.3. The van der Waals surface area contributed by atoms with Gasteiger partial charge in [0.15, 0.2) is 0 Å². The van der Waals surface area contributed by atoms with E-state index in [1.54, 1.807) is 17.2 Å². The Kier molecular flexibility index (Phi) is 4.87. The van der Waals surface area contributed by atoms with E-state index in [4.69, 9.17) is 5.11 Å². The number of aromatic amines is 1. The van der Waals surface area contributed by atoms with E-state index in [0.717, 1.165) is 25.9 Å². The lowest BCUT2D eigenvalue weighted by molar-refractivity contribution is -0.142. The average Bonchev–Trinajstić information content (AvgIpc) is 3.26. The molecule has 1 aliphatic heterocycles. The van der Waals surface area contributed by atoms with Gasteiger partial charge in [0.2, 0.25) is 0 Å². The number of nitrogens with one attached hydrogen (secondary N) is 2. The first-order valence-electron chi connectivity index (χ1n) is 8.56. The van der Waals surface area contributed by atoms with Gasteiger partial charge in [-0.3, -0.25) is 14.4 Å². The van der Waals surface area contributed by atoms with Gasteiger partial charge in [0, 0.05) is 25.3 Å². The molecule has 24 heavy (non-hydrogen) atoms. The van der Waals surface area contributed by atoms with E-state index in [1.165, 1.54) is 0 Å². The summed E-state index contributed by atoms with van der Waals surface area (Å²) in [6.45, 7) is 1.54. The minimum Gasteiger partial charge on any atom is -0.481 e. The first kappa shape index (κ1) is 16.5. The molecule has 2 heterocycles. The van der Waals surface area contributed by atoms with Crippen LogP contribution in [-0.4, -0.2) is 51.9 Å². The van der Waals surface area contributed by atoms with Gasteiger partial charge >= 0.3 is 5.97 Å². The van der Waals surface area contributed by atoms with Crippen molar-refractivity contribution in [2.75, 3.05) is 13.1 Å². The maximum Gasteiger partial charge on any atom is 0.306 e. The Labute approximate surface area is 140 Å². The van der Waals surface area contributed by atoms with Crippen molar-refractivity contribution in [2.45, 2.75) is 44.6 Å². The summed E-state index contributed by atoms with van der Waals surface area (Å²) in [5.74, 6) is -1.33. The van der Waals surface area contributed by atoms with E-state index >= 15 is 0 Å². The third-order valence-electron chi connectivity index (χ3n) is 4.98. The molecule has 2 aliphatic rings. The summed E-state index contributed by atoms with van der Waals surface area (Å²) in [6.07, 6.45) is 6.14. The zero-order valence-electron chi connectivity index (χ0n) is 13.6. The molecule has 1 aromatic heterocycles. The van der Waals surface area contributed by atoms with Crippen molar-refractivity contribution in [2.24, 2.45) is 5.92 Å². The Bertz CT molecular complexity index is 626. The number of rotatable bonds is 4. The van der Waals surface area contributed by atoms with Crippen LogP contribution in [0.1, 0.15) is 59.4 Å². The number of amides is 2. The van der Waals surface area contributed by atoms with E-state index in [1.807, 2.05) is 0 Å². The second-order valence-electron chi connectivity index (χ2n) is 6.66. The molecule has 0 bridgehead atoms. The van der Waals surface area contributed by atoms with Gasteiger partial charge in [-0.15, -0.1) is 0 Å². The number of carbonyl (C=O) groups is 3. The molecule has 0 unspecified atom stereocenters. The average molecular weight is 333 g/mol. The van der Waals surface area contributed by atoms with Gasteiger partial charge in [-0.05, 0) is 44.6 Å². The molecule has 0 radical (unpaired) electrons. The molecular weight excluding hydrogens is 310 g/mol. The van der Waals surface area contributed by atoms with Crippen molar-refractivity contribution < 1.29 is 19.5 Å². The van der Waals surface area contributed by atoms with Gasteiger partial charge < -0.3 is 20.3 Å². The molecule has 7 nitrogen and oxygen atoms in total. The number of carbonyl (C=O) groups excluding carboxylic acids is 2. The molecule has 1 saturated heterocycles. The number of hydrogen-bond acceptors (Lipinski definition) is 3. The van der Waals surface area contributed by atoms with Crippen LogP contribution < -0.4 is 5.32 Å². The fourth-order valence-corrected chi connectivity index (χ4v) is 3.49. The SMILES string of the molecule is O=C(NC1CCC(C(=O)O)CC1)c1c[nH]c(C(=O)N2CCCC2)c1. The number of H-pyrrole nitrogens is 1. The first-order valence-corrected chi connectivity index (χ1v) is 8.56. The van der Waals surface area contributed by atoms with Gasteiger partial charge in [-0.25, -0.2) is 0 Å². The minimum atomic E-state index is -0.754. The predicted molar refractivity (Wildman–Crippen MR) is 86.8 cm³/mol. The van der Waals surface area contributed by atoms with Crippen molar-refractivity contribution in [1.82, 2.24) is 15.2 Å². The van der Waals surface area contributed by atoms with Crippen LogP contribution in [0.5, 0.6) is 0 Å². The number of carboxylic acids is 1. The van der Waals surface area contributed by atoms with Crippen molar-refractivity contribution in [1.29, 1.82) is 0 Å². The molecule has 2 fully saturated rings. The predicted octanol–water partition coefficient (Wildman–Crippen LogP) is 1.62. The number of aromatic nitrogens is 1. The highest BCUT2D eigenvalue weighted by molar-refractivity contribution is 5.99. The molecule has 130 valence electrons. The quantitative estimate of drug-likeness (QED) is 0.779. The Morgan fingerprint density at radius 2 is 1.79 bits per heavy atom. The van der Waals surface area contributed by atoms with Crippen molar-refractivity contribution in [3.8, 4) is 0 Å². The summed E-state index contributed by atoms with van der Waals surface area (Å²) >= 11 is 0. The Balaban J connectivity index is 1.54. The van der Waals surface area contributed by atoms with Gasteiger partial charge in [0.1, 0.15) is 5.69 Å². The third kappa shape index (κ3) is 3.60. The molecule has 7 heteroatoms. The lowest BCUT2D eigenvalue weighted by atomic mass is 9.86. The molecule has 3 N–H and O–H groups in total. The zero-order chi connectivity index (χ0) is 17.1. The summed E-state index contributed by atoms with van der Waals surface area (Å²) in [5, 5.41) is 11.9. The summed E-state index contributed by atoms with van der Waals surface area (Å²) < 4.78 is 0. The van der Waals surface area contributed by atoms with Crippen LogP contribution >= 0.6 is 0 Å². The van der Waals surface area contributed by atoms with Gasteiger partial charge in [0.25, 0.3) is 11.8 Å². The highest BCUT2D eigenvalue weighted by Gasteiger charge is 2.27. The Morgan fingerprint density at radius 3 is 2.42 bits per heavy atom. The van der Waals surface area contributed by atoms with Crippen LogP contribution in [0.3, 0.4) is 0 Å². The molecule has 0 spiro atoms. The number of carboxylic acid groups (broad SMARTS) is 1. The van der Waals surface area contributed by atoms with Gasteiger partial charge in [-0.2, -0.15) is 0 Å². The van der Waals surface area contributed by atoms with Crippen LogP contribution in [0.2, 0.25) is 0 Å². The second kappa shape index (κ2) is 7.07. The number of likely N-dealkylation sites (tertiary alicyclic amines) is 1. The highest BCUT2D eigenvalue weighted by Crippen LogP contribution is 2.24. The summed E-state index contributed by atoms with van der Waals surface area (Å²) in [4.78, 5) is 40.2. The van der Waals surface area contributed by atoms with E-state index in [0.29, 0.717) is 36.9 Å². The topological polar surface area (TPSA) is 102 Å². The number of aliphatic carboxylic acids is 1. The number of nitrogens with zero attached hydrogens (tertiary/aromatic N) is 1. The summed E-state index contributed by atoms with van der Waals surface area (Å²) in [6, 6.07) is 1.60. The van der Waals surface area contributed by atoms with Crippen molar-refractivity contribution in [3.63, 3.8) is 0 Å². The number of hydrogen-bond donors (Lipinski definition) is 3. The maximum atomic E-state index is 12.3. The first-order chi connectivity index (χ1) is 11.5. The van der Waals surface area contributed by atoms with Crippen LogP contribution in [0.15, 0.2) is 12.3 Å². The van der Waals surface area contributed by atoms with Crippen LogP contribution in [0.25, 0.3) is 0 Å². The van der Waals surface area contributed by atoms with E-state index < -0.39 is 5.97 Å². The zero-order valence-corrected chi connectivity index (χ0v) is 13.6. The van der Waals surface area contributed by atoms with E-state index in [2.05, 4.69) is 10.3 Å². The van der Waals surface area contributed by atoms with E-state index in [9.17, 15) is 14.4 Å². The standard InChI is InChI=1S/C17H23N3O4/c21-15(19-13-5-3-11(4-6-13)17(23)24)12-9-14(18-10-12)16(22)20-7-1-2-8-20/h9-11,13,18H,1-8H2,(H,19,21)(H,23,24). The van der Waals surface area contributed by atoms with E-state index in [-0.39, 0.29) is 23.8 Å². The molecule has 1 saturated carbocycles. The van der Waals surface area contributed by atoms with Crippen LogP contribution in [0, 0.1) is 5.92 Å². The molecule has 0 atom stereocenters. The largest absolute Gasteiger partial charge is 0.481 e. The normalized spacial score (nSPS) is 23.9. The van der Waals surface area contributed by atoms with Gasteiger partial charge in [0.05, 0.1) is 11.5 Å². The Hall–Kier alpha value is -2.31. The second-order valence-corrected chi connectivity index (χ2v) is 6.66. The lowest BCUT2D eigenvalue weighted by Crippen LogP contribution is -2.38. The summed E-state index contributed by atoms with van der Waals surface area (Å²) in [7, 11) is 0. The monoisotopic (exact) mass is 333 g/mol.